The average molecular weight is 539 g/mol. The molecule has 0 spiro atoms. The minimum atomic E-state index is 0. The van der Waals surface area contributed by atoms with Crippen molar-refractivity contribution in [3.63, 3.8) is 0 Å². The van der Waals surface area contributed by atoms with E-state index >= 15 is 0 Å². The van der Waals surface area contributed by atoms with Gasteiger partial charge < -0.3 is 14.8 Å². The molecule has 0 saturated heterocycles. The molecule has 2 aromatic heterocycles. The van der Waals surface area contributed by atoms with E-state index < -0.39 is 0 Å². The van der Waals surface area contributed by atoms with E-state index in [1.54, 1.807) is 17.7 Å². The Hall–Kier alpha value is -1.94. The number of aryl methyl sites for hydroxylation is 2. The summed E-state index contributed by atoms with van der Waals surface area (Å²) in [5.41, 5.74) is 2.61. The fourth-order valence-electron chi connectivity index (χ4n) is 3.18. The molecular formula is C22H31IN6S. The summed E-state index contributed by atoms with van der Waals surface area (Å²) in [6.07, 6.45) is 3.65. The first kappa shape index (κ1) is 24.3. The van der Waals surface area contributed by atoms with Crippen LogP contribution in [-0.4, -0.2) is 45.8 Å². The Balaban J connectivity index is 0.00000320. The first-order valence-electron chi connectivity index (χ1n) is 10.1. The second-order valence-electron chi connectivity index (χ2n) is 7.04. The number of benzene rings is 1. The van der Waals surface area contributed by atoms with Gasteiger partial charge in [-0.25, -0.2) is 0 Å². The van der Waals surface area contributed by atoms with Crippen LogP contribution < -0.4 is 5.32 Å². The van der Waals surface area contributed by atoms with Crippen molar-refractivity contribution in [1.29, 1.82) is 0 Å². The molecule has 3 rings (SSSR count). The smallest absolute Gasteiger partial charge is 0.194 e. The van der Waals surface area contributed by atoms with Crippen LogP contribution in [0.1, 0.15) is 28.8 Å². The summed E-state index contributed by atoms with van der Waals surface area (Å²) in [5.74, 6) is 1.94. The minimum absolute atomic E-state index is 0. The molecule has 0 aliphatic heterocycles. The van der Waals surface area contributed by atoms with Crippen LogP contribution in [0.5, 0.6) is 0 Å². The van der Waals surface area contributed by atoms with Crippen molar-refractivity contribution in [2.24, 2.45) is 4.99 Å². The monoisotopic (exact) mass is 538 g/mol. The fourth-order valence-corrected chi connectivity index (χ4v) is 3.88. The van der Waals surface area contributed by atoms with Crippen LogP contribution in [-0.2, 0) is 25.9 Å². The van der Waals surface area contributed by atoms with Crippen LogP contribution in [0.4, 0.5) is 0 Å². The summed E-state index contributed by atoms with van der Waals surface area (Å²) in [5, 5.41) is 13.8. The molecule has 0 bridgehead atoms. The molecule has 162 valence electrons. The van der Waals surface area contributed by atoms with Crippen LogP contribution in [0.25, 0.3) is 0 Å². The molecule has 2 heterocycles. The average Bonchev–Trinajstić information content (AvgIpc) is 3.40. The normalized spacial score (nSPS) is 11.2. The zero-order valence-corrected chi connectivity index (χ0v) is 21.1. The molecule has 6 nitrogen and oxygen atoms in total. The van der Waals surface area contributed by atoms with Gasteiger partial charge in [-0.3, -0.25) is 4.99 Å². The Morgan fingerprint density at radius 1 is 1.23 bits per heavy atom. The van der Waals surface area contributed by atoms with Crippen molar-refractivity contribution in [3.8, 4) is 0 Å². The lowest BCUT2D eigenvalue weighted by atomic mass is 10.1. The SMILES string of the molecule is CCc1nncn1CCNC(=NCCc1cccs1)N(C)Cc1ccccc1C.I. The number of thiophene rings is 1. The van der Waals surface area contributed by atoms with E-state index in [1.807, 2.05) is 0 Å². The third-order valence-corrected chi connectivity index (χ3v) is 5.81. The summed E-state index contributed by atoms with van der Waals surface area (Å²) in [4.78, 5) is 8.45. The highest BCUT2D eigenvalue weighted by atomic mass is 127. The van der Waals surface area contributed by atoms with Gasteiger partial charge in [0.2, 0.25) is 0 Å². The topological polar surface area (TPSA) is 58.3 Å². The van der Waals surface area contributed by atoms with Crippen LogP contribution in [0.2, 0.25) is 0 Å². The highest BCUT2D eigenvalue weighted by Crippen LogP contribution is 2.11. The molecule has 8 heteroatoms. The van der Waals surface area contributed by atoms with Gasteiger partial charge in [-0.05, 0) is 29.5 Å². The lowest BCUT2D eigenvalue weighted by Gasteiger charge is -2.23. The van der Waals surface area contributed by atoms with Crippen LogP contribution in [0, 0.1) is 6.92 Å². The van der Waals surface area contributed by atoms with Crippen molar-refractivity contribution in [2.45, 2.75) is 39.8 Å². The highest BCUT2D eigenvalue weighted by molar-refractivity contribution is 14.0. The number of hydrogen-bond acceptors (Lipinski definition) is 4. The molecule has 0 fully saturated rings. The van der Waals surface area contributed by atoms with Crippen molar-refractivity contribution in [3.05, 3.63) is 69.9 Å². The maximum absolute atomic E-state index is 4.88. The van der Waals surface area contributed by atoms with Crippen molar-refractivity contribution < 1.29 is 0 Å². The Kier molecular flexibility index (Phi) is 10.3. The zero-order valence-electron chi connectivity index (χ0n) is 17.9. The van der Waals surface area contributed by atoms with E-state index in [-0.39, 0.29) is 24.0 Å². The van der Waals surface area contributed by atoms with Gasteiger partial charge in [0.25, 0.3) is 0 Å². The quantitative estimate of drug-likeness (QED) is 0.253. The zero-order chi connectivity index (χ0) is 20.5. The summed E-state index contributed by atoms with van der Waals surface area (Å²) in [6.45, 7) is 7.45. The van der Waals surface area contributed by atoms with Crippen molar-refractivity contribution in [2.75, 3.05) is 20.1 Å². The Labute approximate surface area is 200 Å². The van der Waals surface area contributed by atoms with Crippen LogP contribution >= 0.6 is 35.3 Å². The maximum Gasteiger partial charge on any atom is 0.194 e. The number of nitrogens with zero attached hydrogens (tertiary/aromatic N) is 5. The largest absolute Gasteiger partial charge is 0.354 e. The lowest BCUT2D eigenvalue weighted by Crippen LogP contribution is -2.40. The van der Waals surface area contributed by atoms with Gasteiger partial charge in [0.05, 0.1) is 0 Å². The van der Waals surface area contributed by atoms with E-state index in [1.165, 1.54) is 16.0 Å². The number of aliphatic imine (C=N–C) groups is 1. The van der Waals surface area contributed by atoms with Gasteiger partial charge in [0.15, 0.2) is 5.96 Å². The third-order valence-electron chi connectivity index (χ3n) is 4.88. The second-order valence-corrected chi connectivity index (χ2v) is 8.07. The van der Waals surface area contributed by atoms with Gasteiger partial charge in [0.1, 0.15) is 12.2 Å². The minimum Gasteiger partial charge on any atom is -0.354 e. The summed E-state index contributed by atoms with van der Waals surface area (Å²) in [7, 11) is 2.10. The molecule has 0 atom stereocenters. The number of guanidine groups is 1. The Morgan fingerprint density at radius 2 is 2.07 bits per heavy atom. The number of nitrogens with one attached hydrogen (secondary N) is 1. The van der Waals surface area contributed by atoms with E-state index in [9.17, 15) is 0 Å². The standard InChI is InChI=1S/C22H30N6S.HI/c1-4-21-26-25-17-28(21)14-13-24-22(23-12-11-20-10-7-15-29-20)27(3)16-19-9-6-5-8-18(19)2;/h5-10,15,17H,4,11-14,16H2,1-3H3,(H,23,24);1H. The summed E-state index contributed by atoms with van der Waals surface area (Å²) >= 11 is 1.79. The number of aromatic nitrogens is 3. The van der Waals surface area contributed by atoms with Crippen LogP contribution in [0.15, 0.2) is 53.1 Å². The van der Waals surface area contributed by atoms with Gasteiger partial charge in [-0.15, -0.1) is 45.5 Å². The predicted octanol–water partition coefficient (Wildman–Crippen LogP) is 4.15. The molecule has 0 aliphatic rings. The van der Waals surface area contributed by atoms with Gasteiger partial charge >= 0.3 is 0 Å². The molecule has 1 N–H and O–H groups in total. The second kappa shape index (κ2) is 12.7. The molecule has 0 radical (unpaired) electrons. The van der Waals surface area contributed by atoms with Crippen molar-refractivity contribution >= 4 is 41.3 Å². The highest BCUT2D eigenvalue weighted by Gasteiger charge is 2.09. The van der Waals surface area contributed by atoms with E-state index in [2.05, 4.69) is 87.7 Å². The van der Waals surface area contributed by atoms with Crippen molar-refractivity contribution in [1.82, 2.24) is 25.0 Å². The van der Waals surface area contributed by atoms with Crippen LogP contribution in [0.3, 0.4) is 0 Å². The molecule has 0 unspecified atom stereocenters. The van der Waals surface area contributed by atoms with Gasteiger partial charge in [-0.2, -0.15) is 0 Å². The molecule has 3 aromatic rings. The molecule has 30 heavy (non-hydrogen) atoms. The maximum atomic E-state index is 4.88. The number of halogens is 1. The molecule has 1 aromatic carbocycles. The Bertz CT molecular complexity index is 906. The Morgan fingerprint density at radius 3 is 2.80 bits per heavy atom. The summed E-state index contributed by atoms with van der Waals surface area (Å²) < 4.78 is 2.09. The fraction of sp³-hybridized carbons (Fsp3) is 0.409. The number of hydrogen-bond donors (Lipinski definition) is 1. The first-order chi connectivity index (χ1) is 14.2. The predicted molar refractivity (Wildman–Crippen MR) is 136 cm³/mol. The van der Waals surface area contributed by atoms with Gasteiger partial charge in [-0.1, -0.05) is 37.3 Å². The molecule has 0 saturated carbocycles. The number of rotatable bonds is 9. The molecular weight excluding hydrogens is 507 g/mol. The van der Waals surface area contributed by atoms with E-state index in [0.29, 0.717) is 0 Å². The molecule has 0 aliphatic carbocycles. The summed E-state index contributed by atoms with van der Waals surface area (Å²) in [6, 6.07) is 12.8. The third kappa shape index (κ3) is 7.09. The van der Waals surface area contributed by atoms with E-state index in [4.69, 9.17) is 4.99 Å². The van der Waals surface area contributed by atoms with Gasteiger partial charge in [0, 0.05) is 50.9 Å². The lowest BCUT2D eigenvalue weighted by molar-refractivity contribution is 0.469. The van der Waals surface area contributed by atoms with E-state index in [0.717, 1.165) is 50.8 Å². The molecule has 0 amide bonds. The first-order valence-corrected chi connectivity index (χ1v) is 11.0.